The lowest BCUT2D eigenvalue weighted by molar-refractivity contribution is 0.0795. The third-order valence-electron chi connectivity index (χ3n) is 6.70. The van der Waals surface area contributed by atoms with Crippen LogP contribution in [-0.4, -0.2) is 59.0 Å². The maximum absolute atomic E-state index is 5.53. The quantitative estimate of drug-likeness (QED) is 0.645. The SMILES string of the molecule is c1ccc2c(c1)CC[C@H](N1CCN(Cc3nc(-c4ccc5c(c4)OCO5)no3)CC1)C2. The first-order valence-corrected chi connectivity index (χ1v) is 11.1. The number of piperazine rings is 1. The highest BCUT2D eigenvalue weighted by Gasteiger charge is 2.28. The average molecular weight is 418 g/mol. The van der Waals surface area contributed by atoms with E-state index in [1.54, 1.807) is 0 Å². The maximum Gasteiger partial charge on any atom is 0.241 e. The number of hydrogen-bond acceptors (Lipinski definition) is 7. The first kappa shape index (κ1) is 18.8. The highest BCUT2D eigenvalue weighted by Crippen LogP contribution is 2.35. The van der Waals surface area contributed by atoms with Crippen molar-refractivity contribution in [2.24, 2.45) is 0 Å². The molecule has 160 valence electrons. The Morgan fingerprint density at radius 1 is 0.935 bits per heavy atom. The molecule has 31 heavy (non-hydrogen) atoms. The Kier molecular flexibility index (Phi) is 4.85. The van der Waals surface area contributed by atoms with Gasteiger partial charge in [0.25, 0.3) is 0 Å². The smallest absolute Gasteiger partial charge is 0.241 e. The summed E-state index contributed by atoms with van der Waals surface area (Å²) in [5, 5.41) is 4.17. The van der Waals surface area contributed by atoms with Gasteiger partial charge in [0.15, 0.2) is 11.5 Å². The van der Waals surface area contributed by atoms with E-state index in [-0.39, 0.29) is 6.79 Å². The van der Waals surface area contributed by atoms with Crippen molar-refractivity contribution in [2.75, 3.05) is 33.0 Å². The van der Waals surface area contributed by atoms with Crippen LogP contribution in [0.2, 0.25) is 0 Å². The highest BCUT2D eigenvalue weighted by molar-refractivity contribution is 5.61. The highest BCUT2D eigenvalue weighted by atomic mass is 16.7. The van der Waals surface area contributed by atoms with Crippen LogP contribution in [0.1, 0.15) is 23.4 Å². The topological polar surface area (TPSA) is 63.9 Å². The number of benzene rings is 2. The molecule has 2 aromatic carbocycles. The monoisotopic (exact) mass is 418 g/mol. The van der Waals surface area contributed by atoms with Crippen LogP contribution in [-0.2, 0) is 19.4 Å². The molecule has 0 amide bonds. The van der Waals surface area contributed by atoms with E-state index in [0.717, 1.165) is 43.2 Å². The number of hydrogen-bond donors (Lipinski definition) is 0. The van der Waals surface area contributed by atoms with Crippen LogP contribution in [0.5, 0.6) is 11.5 Å². The van der Waals surface area contributed by atoms with Gasteiger partial charge in [-0.25, -0.2) is 0 Å². The number of fused-ring (bicyclic) bond motifs is 2. The van der Waals surface area contributed by atoms with E-state index >= 15 is 0 Å². The predicted molar refractivity (Wildman–Crippen MR) is 115 cm³/mol. The summed E-state index contributed by atoms with van der Waals surface area (Å²) >= 11 is 0. The van der Waals surface area contributed by atoms with Gasteiger partial charge in [-0.1, -0.05) is 29.4 Å². The molecule has 7 heteroatoms. The zero-order valence-corrected chi connectivity index (χ0v) is 17.5. The van der Waals surface area contributed by atoms with Gasteiger partial charge in [0, 0.05) is 37.8 Å². The second kappa shape index (κ2) is 7.98. The molecular weight excluding hydrogens is 392 g/mol. The fourth-order valence-electron chi connectivity index (χ4n) is 4.94. The van der Waals surface area contributed by atoms with E-state index in [9.17, 15) is 0 Å². The summed E-state index contributed by atoms with van der Waals surface area (Å²) in [4.78, 5) is 9.68. The van der Waals surface area contributed by atoms with Crippen LogP contribution < -0.4 is 9.47 Å². The van der Waals surface area contributed by atoms with Crippen molar-refractivity contribution in [1.29, 1.82) is 0 Å². The molecule has 1 aromatic heterocycles. The molecule has 3 heterocycles. The van der Waals surface area contributed by atoms with Gasteiger partial charge in [0.1, 0.15) is 0 Å². The Morgan fingerprint density at radius 3 is 2.68 bits per heavy atom. The first-order chi connectivity index (χ1) is 15.3. The van der Waals surface area contributed by atoms with Gasteiger partial charge in [-0.2, -0.15) is 4.98 Å². The number of rotatable bonds is 4. The van der Waals surface area contributed by atoms with Crippen LogP contribution in [0, 0.1) is 0 Å². The summed E-state index contributed by atoms with van der Waals surface area (Å²) in [7, 11) is 0. The van der Waals surface area contributed by atoms with E-state index in [4.69, 9.17) is 14.0 Å². The van der Waals surface area contributed by atoms with Gasteiger partial charge in [0.2, 0.25) is 18.5 Å². The molecule has 0 unspecified atom stereocenters. The van der Waals surface area contributed by atoms with Gasteiger partial charge >= 0.3 is 0 Å². The van der Waals surface area contributed by atoms with Gasteiger partial charge < -0.3 is 14.0 Å². The molecule has 3 aromatic rings. The largest absolute Gasteiger partial charge is 0.454 e. The van der Waals surface area contributed by atoms with Crippen molar-refractivity contribution in [3.8, 4) is 22.9 Å². The zero-order valence-electron chi connectivity index (χ0n) is 17.5. The van der Waals surface area contributed by atoms with Crippen LogP contribution in [0.3, 0.4) is 0 Å². The molecule has 1 aliphatic carbocycles. The molecule has 0 bridgehead atoms. The van der Waals surface area contributed by atoms with E-state index in [1.807, 2.05) is 18.2 Å². The van der Waals surface area contributed by atoms with E-state index in [1.165, 1.54) is 30.4 Å². The molecule has 0 N–H and O–H groups in total. The molecule has 6 rings (SSSR count). The third-order valence-corrected chi connectivity index (χ3v) is 6.70. The van der Waals surface area contributed by atoms with Crippen LogP contribution in [0.15, 0.2) is 47.0 Å². The molecule has 1 atom stereocenters. The molecule has 3 aliphatic rings. The Balaban J connectivity index is 1.05. The molecule has 7 nitrogen and oxygen atoms in total. The molecule has 0 radical (unpaired) electrons. The van der Waals surface area contributed by atoms with Crippen molar-refractivity contribution in [3.05, 3.63) is 59.5 Å². The van der Waals surface area contributed by atoms with Crippen molar-refractivity contribution in [2.45, 2.75) is 31.8 Å². The lowest BCUT2D eigenvalue weighted by Crippen LogP contribution is -2.51. The number of aromatic nitrogens is 2. The van der Waals surface area contributed by atoms with Gasteiger partial charge in [-0.15, -0.1) is 0 Å². The Morgan fingerprint density at radius 2 is 1.77 bits per heavy atom. The standard InChI is InChI=1S/C24H26N4O3/c1-2-4-18-13-20(7-5-17(18)3-1)28-11-9-27(10-12-28)15-23-25-24(26-31-23)19-6-8-21-22(14-19)30-16-29-21/h1-4,6,8,14,20H,5,7,9-13,15-16H2/t20-/m0/s1. The average Bonchev–Trinajstić information content (AvgIpc) is 3.48. The lowest BCUT2D eigenvalue weighted by atomic mass is 9.87. The van der Waals surface area contributed by atoms with Crippen molar-refractivity contribution >= 4 is 0 Å². The van der Waals surface area contributed by atoms with Gasteiger partial charge in [-0.05, 0) is 48.6 Å². The normalized spacial score (nSPS) is 21.2. The maximum atomic E-state index is 5.53. The van der Waals surface area contributed by atoms with Crippen molar-refractivity contribution in [1.82, 2.24) is 19.9 Å². The second-order valence-electron chi connectivity index (χ2n) is 8.56. The molecule has 0 saturated carbocycles. The second-order valence-corrected chi connectivity index (χ2v) is 8.56. The van der Waals surface area contributed by atoms with Gasteiger partial charge in [-0.3, -0.25) is 9.80 Å². The van der Waals surface area contributed by atoms with E-state index < -0.39 is 0 Å². The fraction of sp³-hybridized carbons (Fsp3) is 0.417. The number of ether oxygens (including phenoxy) is 2. The minimum Gasteiger partial charge on any atom is -0.454 e. The Bertz CT molecular complexity index is 1070. The predicted octanol–water partition coefficient (Wildman–Crippen LogP) is 3.14. The summed E-state index contributed by atoms with van der Waals surface area (Å²) < 4.78 is 16.3. The summed E-state index contributed by atoms with van der Waals surface area (Å²) in [6, 6.07) is 15.3. The number of nitrogens with zero attached hydrogens (tertiary/aromatic N) is 4. The van der Waals surface area contributed by atoms with E-state index in [0.29, 0.717) is 24.3 Å². The minimum atomic E-state index is 0.260. The zero-order chi connectivity index (χ0) is 20.6. The molecule has 0 spiro atoms. The summed E-state index contributed by atoms with van der Waals surface area (Å²) in [5.41, 5.74) is 3.94. The summed E-state index contributed by atoms with van der Waals surface area (Å²) in [5.74, 6) is 2.73. The molecule has 2 aliphatic heterocycles. The molecule has 1 fully saturated rings. The van der Waals surface area contributed by atoms with Crippen LogP contribution in [0.25, 0.3) is 11.4 Å². The summed E-state index contributed by atoms with van der Waals surface area (Å²) in [6.07, 6.45) is 3.64. The summed E-state index contributed by atoms with van der Waals surface area (Å²) in [6.45, 7) is 5.19. The Labute approximate surface area is 181 Å². The van der Waals surface area contributed by atoms with Gasteiger partial charge in [0.05, 0.1) is 6.54 Å². The Hall–Kier alpha value is -2.90. The first-order valence-electron chi connectivity index (χ1n) is 11.1. The molecular formula is C24H26N4O3. The van der Waals surface area contributed by atoms with Crippen LogP contribution in [0.4, 0.5) is 0 Å². The number of aryl methyl sites for hydroxylation is 1. The third kappa shape index (κ3) is 3.79. The minimum absolute atomic E-state index is 0.260. The molecule has 1 saturated heterocycles. The van der Waals surface area contributed by atoms with Crippen molar-refractivity contribution in [3.63, 3.8) is 0 Å². The van der Waals surface area contributed by atoms with Crippen molar-refractivity contribution < 1.29 is 14.0 Å². The lowest BCUT2D eigenvalue weighted by Gasteiger charge is -2.40. The van der Waals surface area contributed by atoms with Crippen LogP contribution >= 0.6 is 0 Å². The van der Waals surface area contributed by atoms with E-state index in [2.05, 4.69) is 44.2 Å². The fourth-order valence-corrected chi connectivity index (χ4v) is 4.94.